The smallest absolute Gasteiger partial charge is 0.255 e. The molecule has 0 atom stereocenters. The predicted molar refractivity (Wildman–Crippen MR) is 104 cm³/mol. The first-order valence-corrected chi connectivity index (χ1v) is 8.41. The summed E-state index contributed by atoms with van der Waals surface area (Å²) in [6, 6.07) is 21.5. The molecular weight excluding hydrogens is 342 g/mol. The van der Waals surface area contributed by atoms with Crippen molar-refractivity contribution in [3.63, 3.8) is 0 Å². The fourth-order valence-electron chi connectivity index (χ4n) is 2.51. The lowest BCUT2D eigenvalue weighted by molar-refractivity contribution is 0.102. The van der Waals surface area contributed by atoms with E-state index >= 15 is 0 Å². The lowest BCUT2D eigenvalue weighted by Crippen LogP contribution is -2.11. The lowest BCUT2D eigenvalue weighted by atomic mass is 10.1. The Kier molecular flexibility index (Phi) is 5.84. The summed E-state index contributed by atoms with van der Waals surface area (Å²) in [5, 5.41) is 2.85. The molecular formula is C22H19NO4. The number of anilines is 1. The topological polar surface area (TPSA) is 64.6 Å². The van der Waals surface area contributed by atoms with Crippen molar-refractivity contribution in [3.8, 4) is 11.5 Å². The Bertz CT molecular complexity index is 921. The average molecular weight is 361 g/mol. The van der Waals surface area contributed by atoms with Gasteiger partial charge in [-0.25, -0.2) is 0 Å². The largest absolute Gasteiger partial charge is 0.493 e. The number of nitrogens with one attached hydrogen (secondary N) is 1. The third-order valence-corrected chi connectivity index (χ3v) is 3.97. The molecule has 0 saturated heterocycles. The molecule has 0 unspecified atom stereocenters. The zero-order valence-corrected chi connectivity index (χ0v) is 14.8. The van der Waals surface area contributed by atoms with Gasteiger partial charge in [0.15, 0.2) is 11.5 Å². The molecule has 0 radical (unpaired) electrons. The Labute approximate surface area is 157 Å². The van der Waals surface area contributed by atoms with Gasteiger partial charge in [0, 0.05) is 16.8 Å². The maximum absolute atomic E-state index is 12.3. The Balaban J connectivity index is 1.62. The normalized spacial score (nSPS) is 10.1. The summed E-state index contributed by atoms with van der Waals surface area (Å²) in [5.74, 6) is 0.882. The number of aldehydes is 1. The molecule has 0 aliphatic carbocycles. The van der Waals surface area contributed by atoms with Crippen molar-refractivity contribution in [2.24, 2.45) is 0 Å². The van der Waals surface area contributed by atoms with E-state index in [0.29, 0.717) is 29.2 Å². The van der Waals surface area contributed by atoms with Gasteiger partial charge in [-0.2, -0.15) is 0 Å². The highest BCUT2D eigenvalue weighted by molar-refractivity contribution is 6.04. The molecule has 3 aromatic carbocycles. The fraction of sp³-hybridized carbons (Fsp3) is 0.0909. The van der Waals surface area contributed by atoms with Crippen molar-refractivity contribution in [3.05, 3.63) is 89.5 Å². The zero-order chi connectivity index (χ0) is 19.1. The van der Waals surface area contributed by atoms with Crippen LogP contribution >= 0.6 is 0 Å². The summed E-state index contributed by atoms with van der Waals surface area (Å²) in [6.07, 6.45) is 0.755. The van der Waals surface area contributed by atoms with Gasteiger partial charge in [0.25, 0.3) is 5.91 Å². The van der Waals surface area contributed by atoms with Gasteiger partial charge in [-0.05, 0) is 48.0 Å². The molecule has 0 aromatic heterocycles. The van der Waals surface area contributed by atoms with E-state index < -0.39 is 0 Å². The highest BCUT2D eigenvalue weighted by Gasteiger charge is 2.08. The number of carbonyl (C=O) groups excluding carboxylic acids is 2. The van der Waals surface area contributed by atoms with Gasteiger partial charge in [0.1, 0.15) is 12.9 Å². The van der Waals surface area contributed by atoms with Crippen LogP contribution in [0.25, 0.3) is 0 Å². The maximum atomic E-state index is 12.3. The highest BCUT2D eigenvalue weighted by Crippen LogP contribution is 2.28. The van der Waals surface area contributed by atoms with Crippen LogP contribution in [0.1, 0.15) is 26.3 Å². The van der Waals surface area contributed by atoms with Gasteiger partial charge >= 0.3 is 0 Å². The summed E-state index contributed by atoms with van der Waals surface area (Å²) in [5.41, 5.74) is 2.75. The van der Waals surface area contributed by atoms with Crippen LogP contribution in [-0.4, -0.2) is 19.3 Å². The van der Waals surface area contributed by atoms with Crippen molar-refractivity contribution in [2.45, 2.75) is 6.61 Å². The first kappa shape index (κ1) is 18.2. The predicted octanol–water partition coefficient (Wildman–Crippen LogP) is 4.34. The molecule has 5 heteroatoms. The number of hydrogen-bond acceptors (Lipinski definition) is 4. The number of hydrogen-bond donors (Lipinski definition) is 1. The van der Waals surface area contributed by atoms with Gasteiger partial charge in [-0.15, -0.1) is 0 Å². The minimum Gasteiger partial charge on any atom is -0.493 e. The Morgan fingerprint density at radius 1 is 0.963 bits per heavy atom. The summed E-state index contributed by atoms with van der Waals surface area (Å²) in [6.45, 7) is 0.317. The van der Waals surface area contributed by atoms with Crippen LogP contribution < -0.4 is 14.8 Å². The number of rotatable bonds is 7. The van der Waals surface area contributed by atoms with E-state index in [1.165, 1.54) is 7.11 Å². The number of carbonyl (C=O) groups is 2. The molecule has 3 aromatic rings. The van der Waals surface area contributed by atoms with Crippen LogP contribution in [0.15, 0.2) is 72.8 Å². The molecule has 1 amide bonds. The molecule has 0 fully saturated rings. The molecule has 0 aliphatic rings. The molecule has 3 rings (SSSR count). The minimum atomic E-state index is -0.167. The summed E-state index contributed by atoms with van der Waals surface area (Å²) < 4.78 is 11.0. The van der Waals surface area contributed by atoms with Gasteiger partial charge < -0.3 is 14.8 Å². The quantitative estimate of drug-likeness (QED) is 0.636. The maximum Gasteiger partial charge on any atom is 0.255 e. The lowest BCUT2D eigenvalue weighted by Gasteiger charge is -2.11. The summed E-state index contributed by atoms with van der Waals surface area (Å²) in [4.78, 5) is 23.1. The Morgan fingerprint density at radius 2 is 1.70 bits per heavy atom. The van der Waals surface area contributed by atoms with Gasteiger partial charge in [0.05, 0.1) is 7.11 Å². The molecule has 5 nitrogen and oxygen atoms in total. The van der Waals surface area contributed by atoms with Crippen molar-refractivity contribution >= 4 is 17.9 Å². The van der Waals surface area contributed by atoms with Crippen molar-refractivity contribution in [2.75, 3.05) is 12.4 Å². The number of para-hydroxylation sites is 1. The Hall–Kier alpha value is -3.60. The van der Waals surface area contributed by atoms with Crippen LogP contribution in [0.5, 0.6) is 11.5 Å². The highest BCUT2D eigenvalue weighted by atomic mass is 16.5. The second-order valence-corrected chi connectivity index (χ2v) is 5.83. The van der Waals surface area contributed by atoms with Crippen LogP contribution in [0.4, 0.5) is 5.69 Å². The first-order valence-electron chi connectivity index (χ1n) is 8.41. The van der Waals surface area contributed by atoms with Crippen LogP contribution in [-0.2, 0) is 6.61 Å². The zero-order valence-electron chi connectivity index (χ0n) is 14.8. The number of benzene rings is 3. The molecule has 0 heterocycles. The van der Waals surface area contributed by atoms with Crippen molar-refractivity contribution in [1.82, 2.24) is 0 Å². The minimum absolute atomic E-state index is 0.167. The van der Waals surface area contributed by atoms with E-state index in [0.717, 1.165) is 17.5 Å². The SMILES string of the molecule is COc1cc(C=O)ccc1OCc1ccc(C(=O)Nc2ccccc2)cc1. The average Bonchev–Trinajstić information content (AvgIpc) is 2.73. The van der Waals surface area contributed by atoms with E-state index in [9.17, 15) is 9.59 Å². The second-order valence-electron chi connectivity index (χ2n) is 5.83. The third-order valence-electron chi connectivity index (χ3n) is 3.97. The standard InChI is InChI=1S/C22H19NO4/c1-26-21-13-17(14-24)9-12-20(21)27-15-16-7-10-18(11-8-16)22(25)23-19-5-3-2-4-6-19/h2-14H,15H2,1H3,(H,23,25). The molecule has 136 valence electrons. The molecule has 0 aliphatic heterocycles. The number of ether oxygens (including phenoxy) is 2. The van der Waals surface area contributed by atoms with Gasteiger partial charge in [-0.1, -0.05) is 30.3 Å². The first-order chi connectivity index (χ1) is 13.2. The van der Waals surface area contributed by atoms with Crippen molar-refractivity contribution < 1.29 is 19.1 Å². The fourth-order valence-corrected chi connectivity index (χ4v) is 2.51. The molecule has 0 spiro atoms. The van der Waals surface area contributed by atoms with E-state index in [2.05, 4.69) is 5.32 Å². The van der Waals surface area contributed by atoms with Crippen molar-refractivity contribution in [1.29, 1.82) is 0 Å². The Morgan fingerprint density at radius 3 is 2.37 bits per heavy atom. The second kappa shape index (κ2) is 8.67. The van der Waals surface area contributed by atoms with Gasteiger partial charge in [0.2, 0.25) is 0 Å². The monoisotopic (exact) mass is 361 g/mol. The van der Waals surface area contributed by atoms with E-state index in [4.69, 9.17) is 9.47 Å². The molecule has 0 saturated carbocycles. The molecule has 0 bridgehead atoms. The molecule has 1 N–H and O–H groups in total. The van der Waals surface area contributed by atoms with E-state index in [1.807, 2.05) is 42.5 Å². The van der Waals surface area contributed by atoms with E-state index in [-0.39, 0.29) is 5.91 Å². The van der Waals surface area contributed by atoms with Gasteiger partial charge in [-0.3, -0.25) is 9.59 Å². The van der Waals surface area contributed by atoms with Crippen LogP contribution in [0.2, 0.25) is 0 Å². The summed E-state index contributed by atoms with van der Waals surface area (Å²) in [7, 11) is 1.52. The van der Waals surface area contributed by atoms with Crippen LogP contribution in [0.3, 0.4) is 0 Å². The van der Waals surface area contributed by atoms with Crippen LogP contribution in [0, 0.1) is 0 Å². The van der Waals surface area contributed by atoms with E-state index in [1.54, 1.807) is 30.3 Å². The summed E-state index contributed by atoms with van der Waals surface area (Å²) >= 11 is 0. The third kappa shape index (κ3) is 4.73. The molecule has 27 heavy (non-hydrogen) atoms. The number of methoxy groups -OCH3 is 1. The number of amides is 1.